The summed E-state index contributed by atoms with van der Waals surface area (Å²) >= 11 is 0. The van der Waals surface area contributed by atoms with Crippen molar-refractivity contribution in [2.75, 3.05) is 26.3 Å². The van der Waals surface area contributed by atoms with Crippen LogP contribution in [0.5, 0.6) is 0 Å². The van der Waals surface area contributed by atoms with Gasteiger partial charge in [0.05, 0.1) is 6.61 Å². The topological polar surface area (TPSA) is 61.5 Å². The van der Waals surface area contributed by atoms with Crippen molar-refractivity contribution < 1.29 is 9.53 Å². The third kappa shape index (κ3) is 2.34. The molecule has 4 heterocycles. The second-order valence-electron chi connectivity index (χ2n) is 6.76. The van der Waals surface area contributed by atoms with Crippen LogP contribution in [0.25, 0.3) is 0 Å². The Hall–Kier alpha value is -1.40. The molecule has 2 fully saturated rings. The molecule has 0 aliphatic carbocycles. The molecule has 6 heteroatoms. The number of aromatic nitrogens is 2. The number of nitrogens with zero attached hydrogens (tertiary/aromatic N) is 3. The average Bonchev–Trinajstić information content (AvgIpc) is 3.26. The van der Waals surface area contributed by atoms with E-state index in [9.17, 15) is 4.79 Å². The van der Waals surface area contributed by atoms with Gasteiger partial charge in [-0.3, -0.25) is 14.8 Å². The van der Waals surface area contributed by atoms with Gasteiger partial charge >= 0.3 is 0 Å². The molecule has 22 heavy (non-hydrogen) atoms. The summed E-state index contributed by atoms with van der Waals surface area (Å²) in [5.74, 6) is 0.104. The smallest absolute Gasteiger partial charge is 0.274 e. The van der Waals surface area contributed by atoms with Crippen LogP contribution in [0, 0.1) is 0 Å². The minimum Gasteiger partial charge on any atom is -0.380 e. The van der Waals surface area contributed by atoms with Gasteiger partial charge in [-0.25, -0.2) is 0 Å². The van der Waals surface area contributed by atoms with Gasteiger partial charge in [0.2, 0.25) is 0 Å². The molecule has 0 aromatic carbocycles. The van der Waals surface area contributed by atoms with Crippen molar-refractivity contribution in [1.29, 1.82) is 0 Å². The van der Waals surface area contributed by atoms with Crippen molar-refractivity contribution in [2.24, 2.45) is 0 Å². The maximum Gasteiger partial charge on any atom is 0.274 e. The predicted octanol–water partition coefficient (Wildman–Crippen LogP) is 1.18. The molecule has 0 saturated carbocycles. The summed E-state index contributed by atoms with van der Waals surface area (Å²) in [5.41, 5.74) is 2.90. The number of likely N-dealkylation sites (tertiary alicyclic amines) is 1. The maximum absolute atomic E-state index is 12.8. The first-order valence-corrected chi connectivity index (χ1v) is 8.43. The second-order valence-corrected chi connectivity index (χ2v) is 6.76. The molecule has 0 unspecified atom stereocenters. The molecular weight excluding hydrogens is 280 g/mol. The first-order valence-electron chi connectivity index (χ1n) is 8.43. The van der Waals surface area contributed by atoms with Gasteiger partial charge in [0.15, 0.2) is 5.69 Å². The van der Waals surface area contributed by atoms with Crippen LogP contribution in [0.15, 0.2) is 0 Å². The molecule has 4 rings (SSSR count). The monoisotopic (exact) mass is 304 g/mol. The van der Waals surface area contributed by atoms with Crippen LogP contribution in [0.1, 0.15) is 47.9 Å². The molecular formula is C16H24N4O2. The van der Waals surface area contributed by atoms with E-state index in [2.05, 4.69) is 22.0 Å². The van der Waals surface area contributed by atoms with E-state index in [1.165, 1.54) is 0 Å². The molecule has 1 aromatic rings. The predicted molar refractivity (Wildman–Crippen MR) is 81.7 cm³/mol. The first-order chi connectivity index (χ1) is 10.7. The number of hydrogen-bond acceptors (Lipinski definition) is 4. The minimum atomic E-state index is 0.104. The molecule has 2 atom stereocenters. The number of carbonyl (C=O) groups is 1. The molecule has 3 aliphatic heterocycles. The summed E-state index contributed by atoms with van der Waals surface area (Å²) in [6.07, 6.45) is 4.25. The van der Waals surface area contributed by atoms with Crippen LogP contribution in [0.4, 0.5) is 0 Å². The van der Waals surface area contributed by atoms with E-state index >= 15 is 0 Å². The Bertz CT molecular complexity index is 564. The normalized spacial score (nSPS) is 29.0. The summed E-state index contributed by atoms with van der Waals surface area (Å²) in [4.78, 5) is 17.3. The number of ether oxygens (including phenoxy) is 1. The van der Waals surface area contributed by atoms with Crippen LogP contribution >= 0.6 is 0 Å². The minimum absolute atomic E-state index is 0.104. The highest BCUT2D eigenvalue weighted by Gasteiger charge is 2.34. The molecule has 1 amide bonds. The van der Waals surface area contributed by atoms with Gasteiger partial charge in [-0.1, -0.05) is 0 Å². The number of rotatable bonds is 2. The van der Waals surface area contributed by atoms with Gasteiger partial charge in [-0.2, -0.15) is 5.10 Å². The molecule has 120 valence electrons. The van der Waals surface area contributed by atoms with Crippen molar-refractivity contribution in [3.63, 3.8) is 0 Å². The Morgan fingerprint density at radius 1 is 1.36 bits per heavy atom. The van der Waals surface area contributed by atoms with Gasteiger partial charge in [0.1, 0.15) is 0 Å². The van der Waals surface area contributed by atoms with Crippen LogP contribution < -0.4 is 0 Å². The van der Waals surface area contributed by atoms with E-state index in [0.29, 0.717) is 17.8 Å². The van der Waals surface area contributed by atoms with Gasteiger partial charge in [0, 0.05) is 56.0 Å². The van der Waals surface area contributed by atoms with Crippen molar-refractivity contribution >= 4 is 5.91 Å². The molecule has 2 saturated heterocycles. The Labute approximate surface area is 130 Å². The van der Waals surface area contributed by atoms with E-state index in [-0.39, 0.29) is 5.91 Å². The van der Waals surface area contributed by atoms with E-state index < -0.39 is 0 Å². The van der Waals surface area contributed by atoms with E-state index in [4.69, 9.17) is 4.74 Å². The zero-order chi connectivity index (χ0) is 15.1. The van der Waals surface area contributed by atoms with E-state index in [1.807, 2.05) is 4.90 Å². The van der Waals surface area contributed by atoms with Crippen LogP contribution in [0.3, 0.4) is 0 Å². The van der Waals surface area contributed by atoms with Gasteiger partial charge < -0.3 is 9.64 Å². The summed E-state index contributed by atoms with van der Waals surface area (Å²) < 4.78 is 5.51. The summed E-state index contributed by atoms with van der Waals surface area (Å²) in [5, 5.41) is 7.46. The largest absolute Gasteiger partial charge is 0.380 e. The highest BCUT2D eigenvalue weighted by atomic mass is 16.5. The quantitative estimate of drug-likeness (QED) is 0.891. The lowest BCUT2D eigenvalue weighted by Gasteiger charge is -2.31. The van der Waals surface area contributed by atoms with Crippen molar-refractivity contribution in [3.8, 4) is 0 Å². The standard InChI is InChI=1S/C16H24N4O2/c1-11-3-2-6-20(11)16(21)15-13-9-19(12-5-8-22-10-12)7-4-14(13)17-18-15/h11-12H,2-10H2,1H3,(H,17,18)/t11-,12-/m0/s1. The van der Waals surface area contributed by atoms with Crippen molar-refractivity contribution in [2.45, 2.75) is 51.2 Å². The first kappa shape index (κ1) is 14.2. The molecule has 0 radical (unpaired) electrons. The van der Waals surface area contributed by atoms with Crippen molar-refractivity contribution in [1.82, 2.24) is 20.0 Å². The maximum atomic E-state index is 12.8. The van der Waals surface area contributed by atoms with Gasteiger partial charge in [-0.05, 0) is 26.2 Å². The van der Waals surface area contributed by atoms with Crippen molar-refractivity contribution in [3.05, 3.63) is 17.0 Å². The van der Waals surface area contributed by atoms with E-state index in [1.54, 1.807) is 0 Å². The van der Waals surface area contributed by atoms with Gasteiger partial charge in [-0.15, -0.1) is 0 Å². The number of nitrogens with one attached hydrogen (secondary N) is 1. The molecule has 3 aliphatic rings. The van der Waals surface area contributed by atoms with Gasteiger partial charge in [0.25, 0.3) is 5.91 Å². The van der Waals surface area contributed by atoms with E-state index in [0.717, 1.165) is 69.8 Å². The fourth-order valence-corrected chi connectivity index (χ4v) is 3.99. The number of fused-ring (bicyclic) bond motifs is 1. The number of hydrogen-bond donors (Lipinski definition) is 1. The van der Waals surface area contributed by atoms with Crippen LogP contribution in [0.2, 0.25) is 0 Å². The SMILES string of the molecule is C[C@H]1CCCN1C(=O)c1n[nH]c2c1CN([C@H]1CCOC1)CC2. The highest BCUT2D eigenvalue weighted by molar-refractivity contribution is 5.94. The number of H-pyrrole nitrogens is 1. The Kier molecular flexibility index (Phi) is 3.66. The molecule has 1 N–H and O–H groups in total. The number of amides is 1. The molecule has 0 spiro atoms. The Morgan fingerprint density at radius 3 is 3.00 bits per heavy atom. The summed E-state index contributed by atoms with van der Waals surface area (Å²) in [6.45, 7) is 6.52. The Morgan fingerprint density at radius 2 is 2.27 bits per heavy atom. The number of carbonyl (C=O) groups excluding carboxylic acids is 1. The fraction of sp³-hybridized carbons (Fsp3) is 0.750. The lowest BCUT2D eigenvalue weighted by molar-refractivity contribution is 0.0737. The third-order valence-corrected chi connectivity index (χ3v) is 5.40. The molecule has 1 aromatic heterocycles. The third-order valence-electron chi connectivity index (χ3n) is 5.40. The lowest BCUT2D eigenvalue weighted by Crippen LogP contribution is -2.40. The van der Waals surface area contributed by atoms with Crippen LogP contribution in [-0.4, -0.2) is 64.3 Å². The summed E-state index contributed by atoms with van der Waals surface area (Å²) in [7, 11) is 0. The lowest BCUT2D eigenvalue weighted by atomic mass is 10.0. The number of aromatic amines is 1. The second kappa shape index (κ2) is 5.66. The van der Waals surface area contributed by atoms with Crippen LogP contribution in [-0.2, 0) is 17.7 Å². The summed E-state index contributed by atoms with van der Waals surface area (Å²) in [6, 6.07) is 0.833. The fourth-order valence-electron chi connectivity index (χ4n) is 3.99. The molecule has 6 nitrogen and oxygen atoms in total. The molecule has 0 bridgehead atoms. The zero-order valence-corrected chi connectivity index (χ0v) is 13.2. The Balaban J connectivity index is 1.56. The zero-order valence-electron chi connectivity index (χ0n) is 13.2. The highest BCUT2D eigenvalue weighted by Crippen LogP contribution is 2.27. The average molecular weight is 304 g/mol.